The molecule has 0 aromatic rings. The molecule has 0 radical (unpaired) electrons. The Hall–Kier alpha value is -0.0800. The molecule has 2 nitrogen and oxygen atoms in total. The van der Waals surface area contributed by atoms with Gasteiger partial charge in [-0.05, 0) is 110 Å². The van der Waals surface area contributed by atoms with Crippen molar-refractivity contribution in [3.8, 4) is 0 Å². The van der Waals surface area contributed by atoms with Gasteiger partial charge >= 0.3 is 0 Å². The zero-order chi connectivity index (χ0) is 21.3. The van der Waals surface area contributed by atoms with Gasteiger partial charge in [-0.3, -0.25) is 0 Å². The molecule has 2 N–H and O–H groups in total. The van der Waals surface area contributed by atoms with E-state index in [0.717, 1.165) is 36.5 Å². The van der Waals surface area contributed by atoms with Crippen LogP contribution in [0.4, 0.5) is 0 Å². The van der Waals surface area contributed by atoms with Crippen molar-refractivity contribution in [3.63, 3.8) is 0 Å². The Bertz CT molecular complexity index is 628. The molecule has 5 aliphatic carbocycles. The average Bonchev–Trinajstić information content (AvgIpc) is 3.45. The quantitative estimate of drug-likeness (QED) is 0.541. The van der Waals surface area contributed by atoms with Crippen LogP contribution in [0.25, 0.3) is 0 Å². The van der Waals surface area contributed by atoms with Crippen molar-refractivity contribution in [1.82, 2.24) is 0 Å². The highest BCUT2D eigenvalue weighted by Gasteiger charge is 2.65. The van der Waals surface area contributed by atoms with Gasteiger partial charge in [0.05, 0.1) is 12.2 Å². The molecule has 5 aliphatic rings. The van der Waals surface area contributed by atoms with Crippen LogP contribution in [0.5, 0.6) is 0 Å². The van der Waals surface area contributed by atoms with Crippen LogP contribution >= 0.6 is 0 Å². The van der Waals surface area contributed by atoms with Crippen molar-refractivity contribution >= 4 is 0 Å². The predicted molar refractivity (Wildman–Crippen MR) is 123 cm³/mol. The molecule has 5 fully saturated rings. The number of fused-ring (bicyclic) bond motifs is 5. The Kier molecular flexibility index (Phi) is 5.62. The minimum atomic E-state index is -0.131. The van der Waals surface area contributed by atoms with E-state index < -0.39 is 0 Å². The van der Waals surface area contributed by atoms with Crippen LogP contribution in [0.15, 0.2) is 0 Å². The minimum absolute atomic E-state index is 0.121. The number of hydrogen-bond donors (Lipinski definition) is 2. The Balaban J connectivity index is 1.47. The summed E-state index contributed by atoms with van der Waals surface area (Å²) in [6.45, 7) is 10.1. The van der Waals surface area contributed by atoms with E-state index >= 15 is 0 Å². The standard InChI is InChI=1S/C28H48O2/c1-5-6-17(2)21-9-10-22-25-23(12-14-27(21,22)3)28(4)13-11-19(29)16-24(28)20(26(25)30)15-18-7-8-18/h17-26,29-30H,5-16H2,1-4H3/t17-,19-,20-,21-,22?,23?,24+,25+,26-,27-,28-/m1/s1. The molecule has 0 spiro atoms. The molecule has 0 aromatic carbocycles. The van der Waals surface area contributed by atoms with Crippen LogP contribution in [0.2, 0.25) is 0 Å². The first kappa shape index (κ1) is 21.7. The van der Waals surface area contributed by atoms with Crippen molar-refractivity contribution in [2.24, 2.45) is 58.2 Å². The molecule has 0 amide bonds. The molecule has 0 aromatic heterocycles. The maximum absolute atomic E-state index is 12.0. The smallest absolute Gasteiger partial charge is 0.0605 e. The van der Waals surface area contributed by atoms with Crippen molar-refractivity contribution < 1.29 is 10.2 Å². The Labute approximate surface area is 185 Å². The lowest BCUT2D eigenvalue weighted by Crippen LogP contribution is -2.62. The zero-order valence-corrected chi connectivity index (χ0v) is 20.2. The first-order valence-electron chi connectivity index (χ1n) is 13.7. The second-order valence-corrected chi connectivity index (χ2v) is 13.2. The second-order valence-electron chi connectivity index (χ2n) is 13.2. The maximum atomic E-state index is 12.0. The van der Waals surface area contributed by atoms with Crippen LogP contribution in [-0.2, 0) is 0 Å². The van der Waals surface area contributed by atoms with Gasteiger partial charge < -0.3 is 10.2 Å². The van der Waals surface area contributed by atoms with Gasteiger partial charge in [-0.25, -0.2) is 0 Å². The predicted octanol–water partition coefficient (Wildman–Crippen LogP) is 6.44. The van der Waals surface area contributed by atoms with Crippen molar-refractivity contribution in [2.75, 3.05) is 0 Å². The summed E-state index contributed by atoms with van der Waals surface area (Å²) >= 11 is 0. The summed E-state index contributed by atoms with van der Waals surface area (Å²) in [6.07, 6.45) is 15.0. The van der Waals surface area contributed by atoms with E-state index in [4.69, 9.17) is 0 Å². The van der Waals surface area contributed by atoms with Gasteiger partial charge in [0.25, 0.3) is 0 Å². The molecule has 2 unspecified atom stereocenters. The topological polar surface area (TPSA) is 40.5 Å². The fourth-order valence-electron chi connectivity index (χ4n) is 10.1. The van der Waals surface area contributed by atoms with E-state index in [0.29, 0.717) is 34.5 Å². The molecule has 11 atom stereocenters. The third kappa shape index (κ3) is 3.25. The van der Waals surface area contributed by atoms with E-state index in [9.17, 15) is 10.2 Å². The van der Waals surface area contributed by atoms with Crippen LogP contribution in [0.1, 0.15) is 105 Å². The SMILES string of the molecule is CCC[C@@H](C)[C@H]1CCC2[C@H]3C(CC[C@@]21C)[C@@]1(C)CC[C@@H](O)C[C@H]1[C@@H](CC1CC1)[C@H]3O. The summed E-state index contributed by atoms with van der Waals surface area (Å²) in [5.74, 6) is 5.45. The van der Waals surface area contributed by atoms with Crippen LogP contribution in [0, 0.1) is 58.2 Å². The molecule has 172 valence electrons. The zero-order valence-electron chi connectivity index (χ0n) is 20.2. The minimum Gasteiger partial charge on any atom is -0.393 e. The van der Waals surface area contributed by atoms with Gasteiger partial charge in [-0.15, -0.1) is 0 Å². The van der Waals surface area contributed by atoms with E-state index in [2.05, 4.69) is 27.7 Å². The Morgan fingerprint density at radius 2 is 1.57 bits per heavy atom. The van der Waals surface area contributed by atoms with Crippen LogP contribution in [-0.4, -0.2) is 22.4 Å². The highest BCUT2D eigenvalue weighted by Crippen LogP contribution is 2.70. The van der Waals surface area contributed by atoms with Crippen molar-refractivity contribution in [2.45, 2.75) is 117 Å². The van der Waals surface area contributed by atoms with Crippen molar-refractivity contribution in [1.29, 1.82) is 0 Å². The summed E-state index contributed by atoms with van der Waals surface area (Å²) in [5, 5.41) is 22.6. The molecular formula is C28H48O2. The summed E-state index contributed by atoms with van der Waals surface area (Å²) in [7, 11) is 0. The monoisotopic (exact) mass is 416 g/mol. The van der Waals surface area contributed by atoms with Gasteiger partial charge in [-0.1, -0.05) is 53.4 Å². The molecule has 0 aliphatic heterocycles. The lowest BCUT2D eigenvalue weighted by molar-refractivity contribution is -0.204. The summed E-state index contributed by atoms with van der Waals surface area (Å²) in [5.41, 5.74) is 0.787. The van der Waals surface area contributed by atoms with Gasteiger partial charge in [0, 0.05) is 0 Å². The highest BCUT2D eigenvalue weighted by atomic mass is 16.3. The summed E-state index contributed by atoms with van der Waals surface area (Å²) in [6, 6.07) is 0. The Morgan fingerprint density at radius 1 is 0.867 bits per heavy atom. The third-order valence-electron chi connectivity index (χ3n) is 11.7. The maximum Gasteiger partial charge on any atom is 0.0605 e. The number of hydrogen-bond acceptors (Lipinski definition) is 2. The lowest BCUT2D eigenvalue weighted by Gasteiger charge is -2.65. The number of aliphatic hydroxyl groups is 2. The second kappa shape index (κ2) is 7.75. The fraction of sp³-hybridized carbons (Fsp3) is 1.00. The molecule has 5 rings (SSSR count). The molecule has 2 heteroatoms. The van der Waals surface area contributed by atoms with Gasteiger partial charge in [0.15, 0.2) is 0 Å². The molecule has 5 saturated carbocycles. The van der Waals surface area contributed by atoms with E-state index in [-0.39, 0.29) is 12.2 Å². The Morgan fingerprint density at radius 3 is 2.27 bits per heavy atom. The number of aliphatic hydroxyl groups excluding tert-OH is 2. The van der Waals surface area contributed by atoms with Gasteiger partial charge in [0.2, 0.25) is 0 Å². The van der Waals surface area contributed by atoms with E-state index in [1.54, 1.807) is 0 Å². The van der Waals surface area contributed by atoms with Crippen LogP contribution < -0.4 is 0 Å². The normalized spacial score (nSPS) is 54.2. The first-order chi connectivity index (χ1) is 14.3. The summed E-state index contributed by atoms with van der Waals surface area (Å²) < 4.78 is 0. The molecular weight excluding hydrogens is 368 g/mol. The van der Waals surface area contributed by atoms with E-state index in [1.165, 1.54) is 64.2 Å². The third-order valence-corrected chi connectivity index (χ3v) is 11.7. The first-order valence-corrected chi connectivity index (χ1v) is 13.7. The van der Waals surface area contributed by atoms with Crippen molar-refractivity contribution in [3.05, 3.63) is 0 Å². The molecule has 0 saturated heterocycles. The van der Waals surface area contributed by atoms with Gasteiger partial charge in [-0.2, -0.15) is 0 Å². The fourth-order valence-corrected chi connectivity index (χ4v) is 10.1. The summed E-state index contributed by atoms with van der Waals surface area (Å²) in [4.78, 5) is 0. The van der Waals surface area contributed by atoms with Crippen LogP contribution in [0.3, 0.4) is 0 Å². The molecule has 30 heavy (non-hydrogen) atoms. The largest absolute Gasteiger partial charge is 0.393 e. The highest BCUT2D eigenvalue weighted by molar-refractivity contribution is 5.14. The lowest BCUT2D eigenvalue weighted by atomic mass is 9.41. The average molecular weight is 417 g/mol. The van der Waals surface area contributed by atoms with E-state index in [1.807, 2.05) is 0 Å². The molecule has 0 heterocycles. The molecule has 0 bridgehead atoms. The number of rotatable bonds is 5. The van der Waals surface area contributed by atoms with Gasteiger partial charge in [0.1, 0.15) is 0 Å².